The fourth-order valence-electron chi connectivity index (χ4n) is 3.20. The molecule has 0 heterocycles. The van der Waals surface area contributed by atoms with Gasteiger partial charge in [0.25, 0.3) is 5.91 Å². The molecular formula is C24H21F3N2O2. The van der Waals surface area contributed by atoms with Crippen LogP contribution in [0.5, 0.6) is 0 Å². The first kappa shape index (κ1) is 22.1. The van der Waals surface area contributed by atoms with Gasteiger partial charge in [-0.25, -0.2) is 0 Å². The highest BCUT2D eigenvalue weighted by Gasteiger charge is 2.33. The first-order valence-corrected chi connectivity index (χ1v) is 9.52. The van der Waals surface area contributed by atoms with Crippen molar-refractivity contribution in [1.82, 2.24) is 10.2 Å². The minimum absolute atomic E-state index is 0.0547. The van der Waals surface area contributed by atoms with Crippen molar-refractivity contribution in [1.29, 1.82) is 0 Å². The molecule has 0 saturated heterocycles. The Kier molecular flexibility index (Phi) is 6.44. The minimum Gasteiger partial charge on any atom is -0.347 e. The van der Waals surface area contributed by atoms with Crippen LogP contribution in [0.4, 0.5) is 13.2 Å². The Balaban J connectivity index is 1.99. The molecule has 0 spiro atoms. The highest BCUT2D eigenvalue weighted by molar-refractivity contribution is 6.03. The van der Waals surface area contributed by atoms with E-state index in [1.807, 2.05) is 30.3 Å². The molecule has 4 nitrogen and oxygen atoms in total. The van der Waals surface area contributed by atoms with Crippen LogP contribution in [-0.2, 0) is 11.0 Å². The molecule has 7 heteroatoms. The Morgan fingerprint density at radius 1 is 0.871 bits per heavy atom. The van der Waals surface area contributed by atoms with E-state index in [1.54, 1.807) is 24.3 Å². The number of amides is 2. The van der Waals surface area contributed by atoms with Gasteiger partial charge in [-0.2, -0.15) is 13.2 Å². The molecule has 1 N–H and O–H groups in total. The maximum atomic E-state index is 13.2. The third-order valence-electron chi connectivity index (χ3n) is 4.77. The second-order valence-electron chi connectivity index (χ2n) is 7.17. The van der Waals surface area contributed by atoms with E-state index in [-0.39, 0.29) is 5.56 Å². The summed E-state index contributed by atoms with van der Waals surface area (Å²) in [7, 11) is 2.96. The normalized spacial score (nSPS) is 12.2. The van der Waals surface area contributed by atoms with Crippen molar-refractivity contribution in [3.05, 3.63) is 95.6 Å². The zero-order valence-electron chi connectivity index (χ0n) is 17.0. The van der Waals surface area contributed by atoms with Gasteiger partial charge in [0, 0.05) is 19.7 Å². The summed E-state index contributed by atoms with van der Waals surface area (Å²) in [6.45, 7) is 0. The van der Waals surface area contributed by atoms with Crippen molar-refractivity contribution in [2.75, 3.05) is 14.1 Å². The summed E-state index contributed by atoms with van der Waals surface area (Å²) in [6.07, 6.45) is -4.56. The molecule has 31 heavy (non-hydrogen) atoms. The van der Waals surface area contributed by atoms with Crippen LogP contribution in [0.2, 0.25) is 0 Å². The number of benzene rings is 3. The number of nitrogens with one attached hydrogen (secondary N) is 1. The van der Waals surface area contributed by atoms with E-state index in [9.17, 15) is 22.8 Å². The molecule has 0 aromatic heterocycles. The van der Waals surface area contributed by atoms with Gasteiger partial charge in [0.1, 0.15) is 6.04 Å². The van der Waals surface area contributed by atoms with Gasteiger partial charge in [0.15, 0.2) is 0 Å². The fraction of sp³-hybridized carbons (Fsp3) is 0.167. The molecular weight excluding hydrogens is 405 g/mol. The van der Waals surface area contributed by atoms with E-state index in [1.165, 1.54) is 31.1 Å². The molecule has 1 unspecified atom stereocenters. The third-order valence-corrected chi connectivity index (χ3v) is 4.77. The number of halogens is 3. The van der Waals surface area contributed by atoms with Crippen molar-refractivity contribution >= 4 is 11.8 Å². The number of hydrogen-bond donors (Lipinski definition) is 1. The number of alkyl halides is 3. The highest BCUT2D eigenvalue weighted by Crippen LogP contribution is 2.31. The first-order chi connectivity index (χ1) is 14.7. The molecule has 2 amide bonds. The molecule has 0 aliphatic heterocycles. The Morgan fingerprint density at radius 3 is 2.16 bits per heavy atom. The Labute approximate surface area is 178 Å². The molecule has 0 radical (unpaired) electrons. The summed E-state index contributed by atoms with van der Waals surface area (Å²) < 4.78 is 39.5. The van der Waals surface area contributed by atoms with E-state index < -0.39 is 29.6 Å². The summed E-state index contributed by atoms with van der Waals surface area (Å²) >= 11 is 0. The molecule has 0 bridgehead atoms. The summed E-state index contributed by atoms with van der Waals surface area (Å²) in [6, 6.07) is 19.2. The topological polar surface area (TPSA) is 49.4 Å². The predicted octanol–water partition coefficient (Wildman–Crippen LogP) is 4.93. The van der Waals surface area contributed by atoms with Gasteiger partial charge in [-0.3, -0.25) is 9.59 Å². The zero-order chi connectivity index (χ0) is 22.6. The largest absolute Gasteiger partial charge is 0.416 e. The standard InChI is InChI=1S/C24H21F3N2O2/c1-29(2)23(31)21(17-11-8-12-18(15-17)24(25,26)27)28-22(30)20-14-7-6-13-19(20)16-9-4-3-5-10-16/h3-15,21H,1-2H3,(H,28,30). The van der Waals surface area contributed by atoms with Crippen molar-refractivity contribution < 1.29 is 22.8 Å². The number of rotatable bonds is 5. The maximum absolute atomic E-state index is 13.2. The molecule has 3 aromatic carbocycles. The first-order valence-electron chi connectivity index (χ1n) is 9.52. The van der Waals surface area contributed by atoms with E-state index in [4.69, 9.17) is 0 Å². The van der Waals surface area contributed by atoms with Crippen molar-refractivity contribution in [3.63, 3.8) is 0 Å². The monoisotopic (exact) mass is 426 g/mol. The van der Waals surface area contributed by atoms with Gasteiger partial charge in [0.2, 0.25) is 5.91 Å². The lowest BCUT2D eigenvalue weighted by molar-refractivity contribution is -0.138. The average Bonchev–Trinajstić information content (AvgIpc) is 2.77. The molecule has 160 valence electrons. The summed E-state index contributed by atoms with van der Waals surface area (Å²) in [4.78, 5) is 27.1. The lowest BCUT2D eigenvalue weighted by Gasteiger charge is -2.23. The molecule has 1 atom stereocenters. The Morgan fingerprint density at radius 2 is 1.52 bits per heavy atom. The van der Waals surface area contributed by atoms with Gasteiger partial charge in [-0.05, 0) is 34.9 Å². The predicted molar refractivity (Wildman–Crippen MR) is 112 cm³/mol. The van der Waals surface area contributed by atoms with Crippen LogP contribution in [0.1, 0.15) is 27.5 Å². The lowest BCUT2D eigenvalue weighted by Crippen LogP contribution is -2.40. The number of nitrogens with zero attached hydrogens (tertiary/aromatic N) is 1. The minimum atomic E-state index is -4.56. The molecule has 0 fully saturated rings. The zero-order valence-corrected chi connectivity index (χ0v) is 17.0. The second kappa shape index (κ2) is 9.04. The van der Waals surface area contributed by atoms with Crippen LogP contribution in [0, 0.1) is 0 Å². The molecule has 3 aromatic rings. The van der Waals surface area contributed by atoms with Crippen LogP contribution in [-0.4, -0.2) is 30.8 Å². The SMILES string of the molecule is CN(C)C(=O)C(NC(=O)c1ccccc1-c1ccccc1)c1cccc(C(F)(F)F)c1. The molecule has 0 saturated carbocycles. The van der Waals surface area contributed by atoms with E-state index >= 15 is 0 Å². The Bertz CT molecular complexity index is 1080. The molecule has 0 aliphatic carbocycles. The molecule has 0 aliphatic rings. The summed E-state index contributed by atoms with van der Waals surface area (Å²) in [5.41, 5.74) is 0.945. The van der Waals surface area contributed by atoms with Crippen LogP contribution in [0.3, 0.4) is 0 Å². The maximum Gasteiger partial charge on any atom is 0.416 e. The average molecular weight is 426 g/mol. The summed E-state index contributed by atoms with van der Waals surface area (Å²) in [5, 5.41) is 2.62. The van der Waals surface area contributed by atoms with E-state index in [0.29, 0.717) is 11.1 Å². The van der Waals surface area contributed by atoms with E-state index in [2.05, 4.69) is 5.32 Å². The van der Waals surface area contributed by atoms with Crippen LogP contribution in [0.25, 0.3) is 11.1 Å². The fourth-order valence-corrected chi connectivity index (χ4v) is 3.20. The van der Waals surface area contributed by atoms with Crippen LogP contribution >= 0.6 is 0 Å². The van der Waals surface area contributed by atoms with Crippen LogP contribution in [0.15, 0.2) is 78.9 Å². The second-order valence-corrected chi connectivity index (χ2v) is 7.17. The van der Waals surface area contributed by atoms with Gasteiger partial charge in [-0.1, -0.05) is 60.7 Å². The summed E-state index contributed by atoms with van der Waals surface area (Å²) in [5.74, 6) is -1.10. The van der Waals surface area contributed by atoms with Gasteiger partial charge < -0.3 is 10.2 Å². The van der Waals surface area contributed by atoms with Crippen molar-refractivity contribution in [2.24, 2.45) is 0 Å². The van der Waals surface area contributed by atoms with Crippen molar-refractivity contribution in [2.45, 2.75) is 12.2 Å². The third kappa shape index (κ3) is 5.12. The number of carbonyl (C=O) groups is 2. The number of likely N-dealkylation sites (N-methyl/N-ethyl adjacent to an activating group) is 1. The Hall–Kier alpha value is -3.61. The lowest BCUT2D eigenvalue weighted by atomic mass is 9.98. The van der Waals surface area contributed by atoms with Crippen molar-refractivity contribution in [3.8, 4) is 11.1 Å². The van der Waals surface area contributed by atoms with E-state index in [0.717, 1.165) is 17.7 Å². The highest BCUT2D eigenvalue weighted by atomic mass is 19.4. The van der Waals surface area contributed by atoms with Crippen LogP contribution < -0.4 is 5.32 Å². The number of carbonyl (C=O) groups excluding carboxylic acids is 2. The van der Waals surface area contributed by atoms with Gasteiger partial charge in [-0.15, -0.1) is 0 Å². The van der Waals surface area contributed by atoms with Gasteiger partial charge >= 0.3 is 6.18 Å². The van der Waals surface area contributed by atoms with Gasteiger partial charge in [0.05, 0.1) is 5.56 Å². The quantitative estimate of drug-likeness (QED) is 0.629. The smallest absolute Gasteiger partial charge is 0.347 e. The number of hydrogen-bond acceptors (Lipinski definition) is 2. The molecule has 3 rings (SSSR count).